The molecule has 3 aromatic carbocycles. The second-order valence-electron chi connectivity index (χ2n) is 6.91. The summed E-state index contributed by atoms with van der Waals surface area (Å²) in [5.74, 6) is 0. The van der Waals surface area contributed by atoms with Gasteiger partial charge in [-0.1, -0.05) is 90.6 Å². The number of benzene rings is 3. The highest BCUT2D eigenvalue weighted by Gasteiger charge is 2.24. The molecule has 0 saturated carbocycles. The summed E-state index contributed by atoms with van der Waals surface area (Å²) in [5, 5.41) is 7.04. The molecule has 0 aliphatic heterocycles. The number of hydrogen-bond acceptors (Lipinski definition) is 2. The number of thiocarbonyl (C=S) groups is 1. The first-order chi connectivity index (χ1) is 15.1. The van der Waals surface area contributed by atoms with Crippen molar-refractivity contribution >= 4 is 40.5 Å². The standard InChI is InChI=1S/C25H24ClN3OS/c1-2-9-24(31)28(18-20-10-5-3-6-11-20)29(19-21-12-7-4-8-13-21)25(30)27-23-16-14-22(26)15-17-23/h2-8,10-17H,1,9,18-19H2,(H,27,30). The van der Waals surface area contributed by atoms with Crippen LogP contribution in [0.2, 0.25) is 5.02 Å². The van der Waals surface area contributed by atoms with Gasteiger partial charge in [-0.25, -0.2) is 9.80 Å². The Morgan fingerprint density at radius 3 is 1.90 bits per heavy atom. The molecule has 0 spiro atoms. The minimum absolute atomic E-state index is 0.284. The summed E-state index contributed by atoms with van der Waals surface area (Å²) in [6.45, 7) is 4.64. The fourth-order valence-corrected chi connectivity index (χ4v) is 3.44. The smallest absolute Gasteiger partial charge is 0.306 e. The number of halogens is 1. The van der Waals surface area contributed by atoms with Crippen molar-refractivity contribution < 1.29 is 4.79 Å². The van der Waals surface area contributed by atoms with E-state index >= 15 is 0 Å². The Kier molecular flexibility index (Phi) is 8.21. The van der Waals surface area contributed by atoms with Crippen molar-refractivity contribution in [1.82, 2.24) is 10.0 Å². The molecule has 0 atom stereocenters. The molecule has 6 heteroatoms. The molecule has 1 N–H and O–H groups in total. The molecule has 0 radical (unpaired) electrons. The Morgan fingerprint density at radius 2 is 1.39 bits per heavy atom. The molecule has 0 aliphatic carbocycles. The molecule has 2 amide bonds. The normalized spacial score (nSPS) is 10.2. The average Bonchev–Trinajstić information content (AvgIpc) is 2.79. The number of nitrogens with zero attached hydrogens (tertiary/aromatic N) is 2. The molecular formula is C25H24ClN3OS. The van der Waals surface area contributed by atoms with Crippen LogP contribution in [0.25, 0.3) is 0 Å². The zero-order valence-electron chi connectivity index (χ0n) is 17.1. The maximum Gasteiger partial charge on any atom is 0.341 e. The van der Waals surface area contributed by atoms with Crippen LogP contribution >= 0.6 is 23.8 Å². The number of urea groups is 1. The van der Waals surface area contributed by atoms with Gasteiger partial charge in [0.05, 0.1) is 13.1 Å². The molecule has 0 saturated heterocycles. The zero-order valence-corrected chi connectivity index (χ0v) is 18.6. The van der Waals surface area contributed by atoms with Crippen molar-refractivity contribution in [3.63, 3.8) is 0 Å². The van der Waals surface area contributed by atoms with E-state index in [0.29, 0.717) is 35.2 Å². The SMILES string of the molecule is C=CCC(=S)N(Cc1ccccc1)N(Cc1ccccc1)C(=O)Nc1ccc(Cl)cc1. The number of carbonyl (C=O) groups excluding carboxylic acids is 1. The molecule has 3 aromatic rings. The van der Waals surface area contributed by atoms with Crippen molar-refractivity contribution in [2.24, 2.45) is 0 Å². The second-order valence-corrected chi connectivity index (χ2v) is 7.82. The molecule has 0 heterocycles. The number of carbonyl (C=O) groups is 1. The van der Waals surface area contributed by atoms with Crippen LogP contribution < -0.4 is 5.32 Å². The Bertz CT molecular complexity index is 1010. The number of hydrazine groups is 1. The van der Waals surface area contributed by atoms with Crippen LogP contribution in [-0.4, -0.2) is 21.0 Å². The van der Waals surface area contributed by atoms with Gasteiger partial charge >= 0.3 is 6.03 Å². The van der Waals surface area contributed by atoms with E-state index in [1.165, 1.54) is 0 Å². The van der Waals surface area contributed by atoms with E-state index in [1.807, 2.05) is 65.7 Å². The number of nitrogens with one attached hydrogen (secondary N) is 1. The van der Waals surface area contributed by atoms with Gasteiger partial charge in [0, 0.05) is 17.1 Å². The summed E-state index contributed by atoms with van der Waals surface area (Å²) in [7, 11) is 0. The van der Waals surface area contributed by atoms with Crippen LogP contribution in [0.15, 0.2) is 97.6 Å². The van der Waals surface area contributed by atoms with Gasteiger partial charge in [0.2, 0.25) is 0 Å². The fraction of sp³-hybridized carbons (Fsp3) is 0.120. The number of hydrogen-bond donors (Lipinski definition) is 1. The first kappa shape index (κ1) is 22.5. The Balaban J connectivity index is 1.93. The Hall–Kier alpha value is -3.15. The first-order valence-corrected chi connectivity index (χ1v) is 10.7. The van der Waals surface area contributed by atoms with Gasteiger partial charge in [-0.05, 0) is 35.4 Å². The topological polar surface area (TPSA) is 35.6 Å². The fourth-order valence-electron chi connectivity index (χ4n) is 3.04. The van der Waals surface area contributed by atoms with E-state index in [2.05, 4.69) is 11.9 Å². The highest BCUT2D eigenvalue weighted by molar-refractivity contribution is 7.80. The van der Waals surface area contributed by atoms with Crippen LogP contribution in [0.1, 0.15) is 17.5 Å². The van der Waals surface area contributed by atoms with Gasteiger partial charge in [-0.2, -0.15) is 0 Å². The maximum absolute atomic E-state index is 13.4. The van der Waals surface area contributed by atoms with Crippen LogP contribution in [0.3, 0.4) is 0 Å². The monoisotopic (exact) mass is 449 g/mol. The largest absolute Gasteiger partial charge is 0.341 e. The molecule has 0 unspecified atom stereocenters. The van der Waals surface area contributed by atoms with Gasteiger partial charge in [-0.3, -0.25) is 5.01 Å². The minimum Gasteiger partial charge on any atom is -0.306 e. The summed E-state index contributed by atoms with van der Waals surface area (Å²) in [5.41, 5.74) is 2.70. The highest BCUT2D eigenvalue weighted by atomic mass is 35.5. The summed E-state index contributed by atoms with van der Waals surface area (Å²) in [6, 6.07) is 26.5. The summed E-state index contributed by atoms with van der Waals surface area (Å²) in [4.78, 5) is 14.0. The predicted octanol–water partition coefficient (Wildman–Crippen LogP) is 6.69. The molecule has 0 bridgehead atoms. The van der Waals surface area contributed by atoms with Gasteiger partial charge < -0.3 is 5.32 Å². The quantitative estimate of drug-likeness (QED) is 0.248. The molecular weight excluding hydrogens is 426 g/mol. The summed E-state index contributed by atoms with van der Waals surface area (Å²) < 4.78 is 0. The van der Waals surface area contributed by atoms with Crippen molar-refractivity contribution in [1.29, 1.82) is 0 Å². The van der Waals surface area contributed by atoms with Gasteiger partial charge in [-0.15, -0.1) is 6.58 Å². The summed E-state index contributed by atoms with van der Waals surface area (Å²) >= 11 is 11.7. The molecule has 0 fully saturated rings. The summed E-state index contributed by atoms with van der Waals surface area (Å²) in [6.07, 6.45) is 2.24. The van der Waals surface area contributed by atoms with E-state index in [0.717, 1.165) is 11.1 Å². The molecule has 3 rings (SSSR count). The third-order valence-electron chi connectivity index (χ3n) is 4.58. The Labute approximate surface area is 193 Å². The third-order valence-corrected chi connectivity index (χ3v) is 5.21. The lowest BCUT2D eigenvalue weighted by Gasteiger charge is -2.37. The maximum atomic E-state index is 13.4. The van der Waals surface area contributed by atoms with E-state index in [-0.39, 0.29) is 6.03 Å². The molecule has 31 heavy (non-hydrogen) atoms. The van der Waals surface area contributed by atoms with Crippen LogP contribution in [0, 0.1) is 0 Å². The number of anilines is 1. The molecule has 158 valence electrons. The highest BCUT2D eigenvalue weighted by Crippen LogP contribution is 2.19. The van der Waals surface area contributed by atoms with Crippen LogP contribution in [0.5, 0.6) is 0 Å². The van der Waals surface area contributed by atoms with Gasteiger partial charge in [0.25, 0.3) is 0 Å². The predicted molar refractivity (Wildman–Crippen MR) is 132 cm³/mol. The van der Waals surface area contributed by atoms with E-state index < -0.39 is 0 Å². The molecule has 4 nitrogen and oxygen atoms in total. The zero-order chi connectivity index (χ0) is 22.1. The number of amides is 2. The van der Waals surface area contributed by atoms with Crippen molar-refractivity contribution in [2.45, 2.75) is 19.5 Å². The molecule has 0 aromatic heterocycles. The molecule has 0 aliphatic rings. The lowest BCUT2D eigenvalue weighted by atomic mass is 10.2. The van der Waals surface area contributed by atoms with Gasteiger partial charge in [0.15, 0.2) is 0 Å². The van der Waals surface area contributed by atoms with Crippen molar-refractivity contribution in [3.8, 4) is 0 Å². The average molecular weight is 450 g/mol. The van der Waals surface area contributed by atoms with Crippen LogP contribution in [-0.2, 0) is 13.1 Å². The Morgan fingerprint density at radius 1 is 0.871 bits per heavy atom. The van der Waals surface area contributed by atoms with Crippen molar-refractivity contribution in [3.05, 3.63) is 114 Å². The lowest BCUT2D eigenvalue weighted by Crippen LogP contribution is -2.49. The second kappa shape index (κ2) is 11.3. The van der Waals surface area contributed by atoms with E-state index in [4.69, 9.17) is 23.8 Å². The van der Waals surface area contributed by atoms with E-state index in [1.54, 1.807) is 35.4 Å². The van der Waals surface area contributed by atoms with Gasteiger partial charge in [0.1, 0.15) is 4.99 Å². The van der Waals surface area contributed by atoms with Crippen molar-refractivity contribution in [2.75, 3.05) is 5.32 Å². The van der Waals surface area contributed by atoms with E-state index in [9.17, 15) is 4.79 Å². The minimum atomic E-state index is -0.284. The number of rotatable bonds is 7. The van der Waals surface area contributed by atoms with Crippen LogP contribution in [0.4, 0.5) is 10.5 Å². The third kappa shape index (κ3) is 6.67. The lowest BCUT2D eigenvalue weighted by molar-refractivity contribution is 0.0753. The first-order valence-electron chi connectivity index (χ1n) is 9.90.